The summed E-state index contributed by atoms with van der Waals surface area (Å²) in [5.41, 5.74) is 0. The summed E-state index contributed by atoms with van der Waals surface area (Å²) < 4.78 is 30.8. The quantitative estimate of drug-likeness (QED) is 0.795. The molecule has 0 saturated heterocycles. The fourth-order valence-corrected chi connectivity index (χ4v) is 3.55. The zero-order valence-electron chi connectivity index (χ0n) is 9.58. The van der Waals surface area contributed by atoms with Crippen LogP contribution in [0, 0.1) is 0 Å². The van der Waals surface area contributed by atoms with Gasteiger partial charge in [0.25, 0.3) is 0 Å². The number of hydrogen-bond donors (Lipinski definition) is 2. The maximum absolute atomic E-state index is 11.9. The van der Waals surface area contributed by atoms with Crippen molar-refractivity contribution in [2.45, 2.75) is 18.0 Å². The zero-order chi connectivity index (χ0) is 13.0. The fraction of sp³-hybridized carbons (Fsp3) is 0.333. The van der Waals surface area contributed by atoms with Crippen molar-refractivity contribution in [3.8, 4) is 0 Å². The molecule has 0 atom stereocenters. The summed E-state index contributed by atoms with van der Waals surface area (Å²) in [6.45, 7) is 0.654. The Hall–Kier alpha value is -1.29. The van der Waals surface area contributed by atoms with E-state index in [1.807, 2.05) is 7.05 Å². The standard InChI is InChI=1S/C9H12N4O3S2/c1-10-3-7-2-8(5-17-7)18(14,15)12-4-9-11-6-16-13-9/h2,5-6,10,12H,3-4H2,1H3. The van der Waals surface area contributed by atoms with Crippen molar-refractivity contribution in [1.82, 2.24) is 20.2 Å². The summed E-state index contributed by atoms with van der Waals surface area (Å²) in [5.74, 6) is 0.296. The van der Waals surface area contributed by atoms with E-state index in [2.05, 4.69) is 24.7 Å². The molecule has 9 heteroatoms. The molecule has 2 aromatic heterocycles. The van der Waals surface area contributed by atoms with E-state index in [0.717, 1.165) is 11.3 Å². The smallest absolute Gasteiger partial charge is 0.241 e. The zero-order valence-corrected chi connectivity index (χ0v) is 11.2. The van der Waals surface area contributed by atoms with Crippen molar-refractivity contribution in [3.05, 3.63) is 28.5 Å². The highest BCUT2D eigenvalue weighted by Gasteiger charge is 2.16. The van der Waals surface area contributed by atoms with Gasteiger partial charge in [-0.2, -0.15) is 4.98 Å². The van der Waals surface area contributed by atoms with E-state index < -0.39 is 10.0 Å². The van der Waals surface area contributed by atoms with Gasteiger partial charge in [-0.1, -0.05) is 5.16 Å². The summed E-state index contributed by atoms with van der Waals surface area (Å²) >= 11 is 1.39. The van der Waals surface area contributed by atoms with Crippen LogP contribution in [0.25, 0.3) is 0 Å². The summed E-state index contributed by atoms with van der Waals surface area (Å²) in [6, 6.07) is 1.64. The second kappa shape index (κ2) is 5.57. The minimum Gasteiger partial charge on any atom is -0.343 e. The molecule has 2 heterocycles. The number of thiophene rings is 1. The van der Waals surface area contributed by atoms with Gasteiger partial charge >= 0.3 is 0 Å². The third-order valence-corrected chi connectivity index (χ3v) is 4.58. The van der Waals surface area contributed by atoms with Crippen LogP contribution in [0.15, 0.2) is 27.3 Å². The molecule has 0 bridgehead atoms. The van der Waals surface area contributed by atoms with E-state index in [4.69, 9.17) is 0 Å². The van der Waals surface area contributed by atoms with Crippen molar-refractivity contribution in [2.24, 2.45) is 0 Å². The van der Waals surface area contributed by atoms with E-state index in [-0.39, 0.29) is 11.4 Å². The van der Waals surface area contributed by atoms with Gasteiger partial charge in [-0.25, -0.2) is 13.1 Å². The molecule has 0 aromatic carbocycles. The molecule has 2 rings (SSSR count). The molecule has 18 heavy (non-hydrogen) atoms. The molecule has 0 aliphatic heterocycles. The van der Waals surface area contributed by atoms with Crippen LogP contribution in [-0.4, -0.2) is 25.6 Å². The largest absolute Gasteiger partial charge is 0.343 e. The van der Waals surface area contributed by atoms with Gasteiger partial charge in [-0.05, 0) is 13.1 Å². The Morgan fingerprint density at radius 3 is 2.94 bits per heavy atom. The van der Waals surface area contributed by atoms with Crippen molar-refractivity contribution in [1.29, 1.82) is 0 Å². The minimum absolute atomic E-state index is 0.00996. The van der Waals surface area contributed by atoms with Crippen LogP contribution in [0.1, 0.15) is 10.7 Å². The highest BCUT2D eigenvalue weighted by Crippen LogP contribution is 2.19. The van der Waals surface area contributed by atoms with Crippen LogP contribution < -0.4 is 10.0 Å². The van der Waals surface area contributed by atoms with Gasteiger partial charge in [-0.15, -0.1) is 11.3 Å². The van der Waals surface area contributed by atoms with Crippen LogP contribution in [0.3, 0.4) is 0 Å². The van der Waals surface area contributed by atoms with Gasteiger partial charge in [0.15, 0.2) is 5.82 Å². The van der Waals surface area contributed by atoms with Gasteiger partial charge in [0, 0.05) is 16.8 Å². The molecular formula is C9H12N4O3S2. The molecule has 0 saturated carbocycles. The normalized spacial score (nSPS) is 11.8. The van der Waals surface area contributed by atoms with Gasteiger partial charge in [0.1, 0.15) is 0 Å². The lowest BCUT2D eigenvalue weighted by Gasteiger charge is -2.01. The molecule has 0 aliphatic carbocycles. The first-order valence-electron chi connectivity index (χ1n) is 5.09. The summed E-state index contributed by atoms with van der Waals surface area (Å²) in [4.78, 5) is 4.94. The molecule has 0 amide bonds. The molecule has 0 spiro atoms. The third kappa shape index (κ3) is 3.13. The number of aromatic nitrogens is 2. The molecular weight excluding hydrogens is 276 g/mol. The van der Waals surface area contributed by atoms with Crippen LogP contribution in [-0.2, 0) is 23.1 Å². The van der Waals surface area contributed by atoms with Gasteiger partial charge in [0.2, 0.25) is 16.4 Å². The average molecular weight is 288 g/mol. The molecule has 2 aromatic rings. The van der Waals surface area contributed by atoms with Crippen molar-refractivity contribution >= 4 is 21.4 Å². The summed E-state index contributed by atoms with van der Waals surface area (Å²) in [5, 5.41) is 8.10. The van der Waals surface area contributed by atoms with E-state index >= 15 is 0 Å². The fourth-order valence-electron chi connectivity index (χ4n) is 1.28. The third-order valence-electron chi connectivity index (χ3n) is 2.12. The minimum atomic E-state index is -3.52. The van der Waals surface area contributed by atoms with Crippen LogP contribution in [0.2, 0.25) is 0 Å². The van der Waals surface area contributed by atoms with Crippen molar-refractivity contribution in [3.63, 3.8) is 0 Å². The van der Waals surface area contributed by atoms with Crippen LogP contribution in [0.4, 0.5) is 0 Å². The molecule has 2 N–H and O–H groups in total. The maximum Gasteiger partial charge on any atom is 0.241 e. The lowest BCUT2D eigenvalue weighted by atomic mass is 10.5. The molecule has 0 unspecified atom stereocenters. The van der Waals surface area contributed by atoms with Crippen LogP contribution >= 0.6 is 11.3 Å². The lowest BCUT2D eigenvalue weighted by molar-refractivity contribution is 0.409. The monoisotopic (exact) mass is 288 g/mol. The van der Waals surface area contributed by atoms with E-state index in [1.54, 1.807) is 11.4 Å². The first-order valence-corrected chi connectivity index (χ1v) is 7.45. The van der Waals surface area contributed by atoms with Gasteiger partial charge in [0.05, 0.1) is 11.4 Å². The first kappa shape index (κ1) is 13.1. The van der Waals surface area contributed by atoms with Gasteiger partial charge in [-0.3, -0.25) is 0 Å². The Kier molecular flexibility index (Phi) is 4.07. The SMILES string of the molecule is CNCc1cc(S(=O)(=O)NCc2ncon2)cs1. The Labute approximate surface area is 108 Å². The Morgan fingerprint density at radius 1 is 1.44 bits per heavy atom. The molecule has 0 fully saturated rings. The highest BCUT2D eigenvalue weighted by atomic mass is 32.2. The number of hydrogen-bond acceptors (Lipinski definition) is 7. The second-order valence-electron chi connectivity index (χ2n) is 3.45. The Balaban J connectivity index is 2.05. The molecule has 98 valence electrons. The predicted molar refractivity (Wildman–Crippen MR) is 65.4 cm³/mol. The number of nitrogens with zero attached hydrogens (tertiary/aromatic N) is 2. The molecule has 0 aliphatic rings. The van der Waals surface area contributed by atoms with E-state index in [1.165, 1.54) is 11.3 Å². The van der Waals surface area contributed by atoms with E-state index in [0.29, 0.717) is 12.4 Å². The number of rotatable bonds is 6. The Bertz CT molecular complexity index is 591. The van der Waals surface area contributed by atoms with Gasteiger partial charge < -0.3 is 9.84 Å². The Morgan fingerprint density at radius 2 is 2.28 bits per heavy atom. The molecule has 0 radical (unpaired) electrons. The summed E-state index contributed by atoms with van der Waals surface area (Å²) in [6.07, 6.45) is 1.15. The topological polar surface area (TPSA) is 97.1 Å². The number of nitrogens with one attached hydrogen (secondary N) is 2. The number of sulfonamides is 1. The summed E-state index contributed by atoms with van der Waals surface area (Å²) in [7, 11) is -1.71. The molecule has 7 nitrogen and oxygen atoms in total. The second-order valence-corrected chi connectivity index (χ2v) is 6.21. The maximum atomic E-state index is 11.9. The highest BCUT2D eigenvalue weighted by molar-refractivity contribution is 7.89. The van der Waals surface area contributed by atoms with Crippen LogP contribution in [0.5, 0.6) is 0 Å². The lowest BCUT2D eigenvalue weighted by Crippen LogP contribution is -2.23. The average Bonchev–Trinajstić information content (AvgIpc) is 2.98. The van der Waals surface area contributed by atoms with Crippen molar-refractivity contribution < 1.29 is 12.9 Å². The predicted octanol–water partition coefficient (Wildman–Crippen LogP) is 0.329. The van der Waals surface area contributed by atoms with Crippen molar-refractivity contribution in [2.75, 3.05) is 7.05 Å². The van der Waals surface area contributed by atoms with E-state index in [9.17, 15) is 8.42 Å². The first-order chi connectivity index (χ1) is 8.62.